The summed E-state index contributed by atoms with van der Waals surface area (Å²) >= 11 is 0. The summed E-state index contributed by atoms with van der Waals surface area (Å²) in [4.78, 5) is 9.32. The van der Waals surface area contributed by atoms with Gasteiger partial charge in [-0.3, -0.25) is 14.8 Å². The molecule has 2 fully saturated rings. The Hall–Kier alpha value is -1.69. The second kappa shape index (κ2) is 5.83. The Morgan fingerprint density at radius 1 is 1.14 bits per heavy atom. The highest BCUT2D eigenvalue weighted by Gasteiger charge is 2.28. The van der Waals surface area contributed by atoms with Gasteiger partial charge >= 0.3 is 0 Å². The number of nitrogens with zero attached hydrogens (tertiary/aromatic N) is 3. The third-order valence-corrected chi connectivity index (χ3v) is 4.78. The van der Waals surface area contributed by atoms with Gasteiger partial charge in [-0.25, -0.2) is 0 Å². The van der Waals surface area contributed by atoms with Crippen molar-refractivity contribution in [1.29, 1.82) is 0 Å². The number of ether oxygens (including phenoxy) is 1. The number of phenols is 1. The molecule has 2 saturated heterocycles. The van der Waals surface area contributed by atoms with E-state index in [0.29, 0.717) is 11.6 Å². The number of pyridine rings is 1. The van der Waals surface area contributed by atoms with E-state index in [1.54, 1.807) is 12.3 Å². The van der Waals surface area contributed by atoms with Gasteiger partial charge in [0, 0.05) is 44.3 Å². The average molecular weight is 299 g/mol. The largest absolute Gasteiger partial charge is 0.506 e. The number of phenolic OH excluding ortho intramolecular Hbond substituents is 1. The number of hydrogen-bond donors (Lipinski definition) is 1. The number of hydrogen-bond acceptors (Lipinski definition) is 5. The van der Waals surface area contributed by atoms with E-state index in [4.69, 9.17) is 4.74 Å². The van der Waals surface area contributed by atoms with Gasteiger partial charge in [0.25, 0.3) is 0 Å². The normalized spacial score (nSPS) is 21.1. The Bertz CT molecular complexity index is 664. The van der Waals surface area contributed by atoms with E-state index in [-0.39, 0.29) is 5.75 Å². The minimum Gasteiger partial charge on any atom is -0.506 e. The van der Waals surface area contributed by atoms with E-state index in [9.17, 15) is 5.11 Å². The van der Waals surface area contributed by atoms with Gasteiger partial charge in [0.2, 0.25) is 0 Å². The molecule has 2 aliphatic heterocycles. The van der Waals surface area contributed by atoms with Gasteiger partial charge < -0.3 is 9.84 Å². The SMILES string of the molecule is Oc1ccc(CN2CCN(C3COC3)CC2)c2cccnc12. The van der Waals surface area contributed by atoms with Crippen LogP contribution in [0, 0.1) is 0 Å². The zero-order valence-electron chi connectivity index (χ0n) is 12.6. The number of benzene rings is 1. The lowest BCUT2D eigenvalue weighted by molar-refractivity contribution is -0.0773. The zero-order valence-corrected chi connectivity index (χ0v) is 12.6. The average Bonchev–Trinajstić information content (AvgIpc) is 2.50. The van der Waals surface area contributed by atoms with Crippen molar-refractivity contribution in [2.75, 3.05) is 39.4 Å². The third kappa shape index (κ3) is 2.56. The van der Waals surface area contributed by atoms with Crippen molar-refractivity contribution in [1.82, 2.24) is 14.8 Å². The van der Waals surface area contributed by atoms with Gasteiger partial charge in [-0.05, 0) is 17.7 Å². The Morgan fingerprint density at radius 3 is 2.68 bits per heavy atom. The van der Waals surface area contributed by atoms with Gasteiger partial charge in [-0.1, -0.05) is 12.1 Å². The van der Waals surface area contributed by atoms with E-state index in [1.807, 2.05) is 18.2 Å². The molecule has 116 valence electrons. The van der Waals surface area contributed by atoms with Crippen molar-refractivity contribution < 1.29 is 9.84 Å². The van der Waals surface area contributed by atoms with Gasteiger partial charge in [0.1, 0.15) is 11.3 Å². The Labute approximate surface area is 130 Å². The molecular weight excluding hydrogens is 278 g/mol. The molecule has 5 nitrogen and oxygen atoms in total. The van der Waals surface area contributed by atoms with E-state index >= 15 is 0 Å². The molecule has 0 amide bonds. The van der Waals surface area contributed by atoms with Crippen molar-refractivity contribution in [3.8, 4) is 5.75 Å². The van der Waals surface area contributed by atoms with Crippen LogP contribution in [0.4, 0.5) is 0 Å². The zero-order chi connectivity index (χ0) is 14.9. The minimum atomic E-state index is 0.258. The molecule has 1 aromatic carbocycles. The van der Waals surface area contributed by atoms with Gasteiger partial charge in [0.05, 0.1) is 19.3 Å². The first-order valence-corrected chi connectivity index (χ1v) is 7.91. The van der Waals surface area contributed by atoms with Crippen LogP contribution in [0.1, 0.15) is 5.56 Å². The fourth-order valence-corrected chi connectivity index (χ4v) is 3.32. The number of rotatable bonds is 3. The molecule has 0 spiro atoms. The first-order chi connectivity index (χ1) is 10.8. The fourth-order valence-electron chi connectivity index (χ4n) is 3.32. The maximum atomic E-state index is 9.94. The summed E-state index contributed by atoms with van der Waals surface area (Å²) in [6, 6.07) is 8.39. The summed E-state index contributed by atoms with van der Waals surface area (Å²) < 4.78 is 5.28. The molecule has 0 bridgehead atoms. The number of aromatic hydroxyl groups is 1. The molecule has 4 rings (SSSR count). The Balaban J connectivity index is 1.47. The molecule has 2 aliphatic rings. The minimum absolute atomic E-state index is 0.258. The molecule has 22 heavy (non-hydrogen) atoms. The molecule has 1 N–H and O–H groups in total. The first-order valence-electron chi connectivity index (χ1n) is 7.91. The van der Waals surface area contributed by atoms with Crippen LogP contribution in [-0.4, -0.2) is 65.3 Å². The summed E-state index contributed by atoms with van der Waals surface area (Å²) in [6.45, 7) is 7.10. The quantitative estimate of drug-likeness (QED) is 0.930. The lowest BCUT2D eigenvalue weighted by atomic mass is 10.1. The summed E-state index contributed by atoms with van der Waals surface area (Å²) in [5.74, 6) is 0.258. The maximum absolute atomic E-state index is 9.94. The monoisotopic (exact) mass is 299 g/mol. The lowest BCUT2D eigenvalue weighted by Crippen LogP contribution is -2.56. The number of fused-ring (bicyclic) bond motifs is 1. The lowest BCUT2D eigenvalue weighted by Gasteiger charge is -2.42. The predicted molar refractivity (Wildman–Crippen MR) is 84.9 cm³/mol. The van der Waals surface area contributed by atoms with Crippen molar-refractivity contribution in [2.45, 2.75) is 12.6 Å². The third-order valence-electron chi connectivity index (χ3n) is 4.78. The summed E-state index contributed by atoms with van der Waals surface area (Å²) in [7, 11) is 0. The second-order valence-electron chi connectivity index (χ2n) is 6.15. The Morgan fingerprint density at radius 2 is 1.95 bits per heavy atom. The Kier molecular flexibility index (Phi) is 3.70. The van der Waals surface area contributed by atoms with Crippen LogP contribution >= 0.6 is 0 Å². The van der Waals surface area contributed by atoms with Crippen LogP contribution in [0.25, 0.3) is 10.9 Å². The van der Waals surface area contributed by atoms with Crippen LogP contribution in [0.3, 0.4) is 0 Å². The smallest absolute Gasteiger partial charge is 0.141 e. The second-order valence-corrected chi connectivity index (χ2v) is 6.15. The van der Waals surface area contributed by atoms with Crippen molar-refractivity contribution >= 4 is 10.9 Å². The summed E-state index contributed by atoms with van der Waals surface area (Å²) in [5.41, 5.74) is 1.94. The van der Waals surface area contributed by atoms with E-state index < -0.39 is 0 Å². The highest BCUT2D eigenvalue weighted by molar-refractivity contribution is 5.87. The standard InChI is InChI=1S/C17H21N3O2/c21-16-4-3-13(15-2-1-5-18-17(15)16)10-19-6-8-20(9-7-19)14-11-22-12-14/h1-5,14,21H,6-12H2. The molecule has 3 heterocycles. The molecule has 0 aliphatic carbocycles. The molecule has 2 aromatic rings. The number of piperazine rings is 1. The van der Waals surface area contributed by atoms with Crippen molar-refractivity contribution in [3.05, 3.63) is 36.0 Å². The molecule has 0 atom stereocenters. The number of aromatic nitrogens is 1. The molecule has 0 unspecified atom stereocenters. The van der Waals surface area contributed by atoms with Crippen molar-refractivity contribution in [2.24, 2.45) is 0 Å². The molecule has 0 saturated carbocycles. The van der Waals surface area contributed by atoms with Crippen molar-refractivity contribution in [3.63, 3.8) is 0 Å². The maximum Gasteiger partial charge on any atom is 0.141 e. The van der Waals surface area contributed by atoms with Crippen LogP contribution in [0.15, 0.2) is 30.5 Å². The molecule has 0 radical (unpaired) electrons. The van der Waals surface area contributed by atoms with Gasteiger partial charge in [0.15, 0.2) is 0 Å². The van der Waals surface area contributed by atoms with E-state index in [2.05, 4.69) is 14.8 Å². The van der Waals surface area contributed by atoms with Crippen LogP contribution in [0.2, 0.25) is 0 Å². The van der Waals surface area contributed by atoms with Crippen LogP contribution in [-0.2, 0) is 11.3 Å². The van der Waals surface area contributed by atoms with E-state index in [0.717, 1.165) is 51.3 Å². The predicted octanol–water partition coefficient (Wildman–Crippen LogP) is 1.46. The highest BCUT2D eigenvalue weighted by Crippen LogP contribution is 2.26. The summed E-state index contributed by atoms with van der Waals surface area (Å²) in [5, 5.41) is 11.0. The van der Waals surface area contributed by atoms with Crippen LogP contribution in [0.5, 0.6) is 5.75 Å². The highest BCUT2D eigenvalue weighted by atomic mass is 16.5. The first kappa shape index (κ1) is 13.9. The van der Waals surface area contributed by atoms with Gasteiger partial charge in [-0.2, -0.15) is 0 Å². The fraction of sp³-hybridized carbons (Fsp3) is 0.471. The topological polar surface area (TPSA) is 48.8 Å². The molecular formula is C17H21N3O2. The summed E-state index contributed by atoms with van der Waals surface area (Å²) in [6.07, 6.45) is 1.73. The molecule has 5 heteroatoms. The van der Waals surface area contributed by atoms with Gasteiger partial charge in [-0.15, -0.1) is 0 Å². The molecule has 1 aromatic heterocycles. The van der Waals surface area contributed by atoms with Crippen LogP contribution < -0.4 is 0 Å². The van der Waals surface area contributed by atoms with E-state index in [1.165, 1.54) is 5.56 Å².